The van der Waals surface area contributed by atoms with Crippen molar-refractivity contribution in [2.24, 2.45) is 0 Å². The lowest BCUT2D eigenvalue weighted by atomic mass is 10.1. The van der Waals surface area contributed by atoms with E-state index in [0.29, 0.717) is 17.2 Å². The van der Waals surface area contributed by atoms with Crippen LogP contribution in [0.1, 0.15) is 24.1 Å². The Balaban J connectivity index is 2.21. The van der Waals surface area contributed by atoms with Crippen molar-refractivity contribution >= 4 is 0 Å². The van der Waals surface area contributed by atoms with Crippen LogP contribution >= 0.6 is 0 Å². The van der Waals surface area contributed by atoms with Crippen LogP contribution in [0.3, 0.4) is 0 Å². The van der Waals surface area contributed by atoms with Crippen molar-refractivity contribution in [3.63, 3.8) is 0 Å². The molecule has 2 aromatic rings. The average Bonchev–Trinajstić information content (AvgIpc) is 2.47. The molecule has 0 saturated carbocycles. The van der Waals surface area contributed by atoms with E-state index in [-0.39, 0.29) is 6.04 Å². The molecule has 0 radical (unpaired) electrons. The van der Waals surface area contributed by atoms with Crippen molar-refractivity contribution in [3.8, 4) is 17.7 Å². The monoisotopic (exact) mass is 253 g/mol. The maximum Gasteiger partial charge on any atom is 0.219 e. The molecule has 96 valence electrons. The van der Waals surface area contributed by atoms with Crippen LogP contribution in [0.2, 0.25) is 0 Å². The van der Waals surface area contributed by atoms with Crippen molar-refractivity contribution in [3.05, 3.63) is 53.7 Å². The first kappa shape index (κ1) is 13.1. The molecular weight excluding hydrogens is 238 g/mol. The van der Waals surface area contributed by atoms with Crippen LogP contribution in [0, 0.1) is 11.3 Å². The van der Waals surface area contributed by atoms with E-state index in [1.54, 1.807) is 30.5 Å². The Bertz CT molecular complexity index is 604. The van der Waals surface area contributed by atoms with Gasteiger partial charge in [0.15, 0.2) is 0 Å². The summed E-state index contributed by atoms with van der Waals surface area (Å²) < 4.78 is 5.67. The van der Waals surface area contributed by atoms with E-state index in [1.165, 1.54) is 0 Å². The fourth-order valence-corrected chi connectivity index (χ4v) is 1.67. The Morgan fingerprint density at radius 2 is 2.16 bits per heavy atom. The smallest absolute Gasteiger partial charge is 0.219 e. The van der Waals surface area contributed by atoms with Crippen LogP contribution in [0.4, 0.5) is 0 Å². The predicted octanol–water partition coefficient (Wildman–Crippen LogP) is 3.03. The summed E-state index contributed by atoms with van der Waals surface area (Å²) in [6.45, 7) is 2.06. The highest BCUT2D eigenvalue weighted by Crippen LogP contribution is 2.22. The van der Waals surface area contributed by atoms with E-state index >= 15 is 0 Å². The van der Waals surface area contributed by atoms with Gasteiger partial charge in [-0.3, -0.25) is 0 Å². The topological polar surface area (TPSA) is 57.9 Å². The van der Waals surface area contributed by atoms with E-state index in [4.69, 9.17) is 10.00 Å². The van der Waals surface area contributed by atoms with Crippen molar-refractivity contribution in [2.45, 2.75) is 13.0 Å². The highest BCUT2D eigenvalue weighted by Gasteiger charge is 2.05. The molecule has 1 unspecified atom stereocenters. The number of ether oxygens (including phenoxy) is 1. The molecule has 0 aliphatic rings. The van der Waals surface area contributed by atoms with Gasteiger partial charge < -0.3 is 10.1 Å². The molecule has 0 aliphatic carbocycles. The molecule has 1 aromatic carbocycles. The number of benzene rings is 1. The Hall–Kier alpha value is -2.38. The van der Waals surface area contributed by atoms with Gasteiger partial charge in [-0.1, -0.05) is 6.07 Å². The summed E-state index contributed by atoms with van der Waals surface area (Å²) in [6, 6.07) is 13.2. The van der Waals surface area contributed by atoms with Crippen LogP contribution in [0.15, 0.2) is 42.6 Å². The highest BCUT2D eigenvalue weighted by atomic mass is 16.5. The normalized spacial score (nSPS) is 11.6. The Morgan fingerprint density at radius 3 is 2.89 bits per heavy atom. The maximum absolute atomic E-state index is 8.85. The molecular formula is C15H15N3O. The molecule has 1 heterocycles. The van der Waals surface area contributed by atoms with E-state index in [2.05, 4.69) is 23.3 Å². The SMILES string of the molecule is CNC(C)c1ccnc(Oc2cccc(C#N)c2)c1. The van der Waals surface area contributed by atoms with Gasteiger partial charge in [0.1, 0.15) is 5.75 Å². The lowest BCUT2D eigenvalue weighted by Gasteiger charge is -2.11. The third kappa shape index (κ3) is 3.30. The van der Waals surface area contributed by atoms with Gasteiger partial charge in [0.25, 0.3) is 0 Å². The summed E-state index contributed by atoms with van der Waals surface area (Å²) >= 11 is 0. The van der Waals surface area contributed by atoms with Crippen LogP contribution in [0.5, 0.6) is 11.6 Å². The minimum absolute atomic E-state index is 0.232. The number of aromatic nitrogens is 1. The van der Waals surface area contributed by atoms with Gasteiger partial charge in [0.05, 0.1) is 11.6 Å². The summed E-state index contributed by atoms with van der Waals surface area (Å²) in [4.78, 5) is 4.17. The number of hydrogen-bond acceptors (Lipinski definition) is 4. The van der Waals surface area contributed by atoms with Crippen LogP contribution < -0.4 is 10.1 Å². The number of pyridine rings is 1. The van der Waals surface area contributed by atoms with Crippen molar-refractivity contribution in [1.29, 1.82) is 5.26 Å². The number of nitrogens with one attached hydrogen (secondary N) is 1. The molecule has 4 nitrogen and oxygen atoms in total. The summed E-state index contributed by atoms with van der Waals surface area (Å²) in [5.41, 5.74) is 1.67. The molecule has 0 bridgehead atoms. The van der Waals surface area contributed by atoms with Crippen LogP contribution in [0.25, 0.3) is 0 Å². The van der Waals surface area contributed by atoms with Crippen LogP contribution in [-0.2, 0) is 0 Å². The highest BCUT2D eigenvalue weighted by molar-refractivity contribution is 5.38. The van der Waals surface area contributed by atoms with Gasteiger partial charge in [-0.2, -0.15) is 5.26 Å². The molecule has 0 aliphatic heterocycles. The van der Waals surface area contributed by atoms with Gasteiger partial charge >= 0.3 is 0 Å². The standard InChI is InChI=1S/C15H15N3O/c1-11(17-2)13-6-7-18-15(9-13)19-14-5-3-4-12(8-14)10-16/h3-9,11,17H,1-2H3. The zero-order chi connectivity index (χ0) is 13.7. The Labute approximate surface area is 112 Å². The maximum atomic E-state index is 8.85. The van der Waals surface area contributed by atoms with E-state index in [9.17, 15) is 0 Å². The lowest BCUT2D eigenvalue weighted by molar-refractivity contribution is 0.460. The molecule has 2 rings (SSSR count). The first-order valence-corrected chi connectivity index (χ1v) is 6.04. The molecule has 0 spiro atoms. The molecule has 4 heteroatoms. The molecule has 1 atom stereocenters. The predicted molar refractivity (Wildman–Crippen MR) is 72.9 cm³/mol. The summed E-state index contributed by atoms with van der Waals surface area (Å²) in [5, 5.41) is 12.0. The second-order valence-electron chi connectivity index (χ2n) is 4.18. The number of rotatable bonds is 4. The average molecular weight is 253 g/mol. The molecule has 0 fully saturated rings. The molecule has 0 saturated heterocycles. The third-order valence-corrected chi connectivity index (χ3v) is 2.88. The minimum atomic E-state index is 0.232. The van der Waals surface area contributed by atoms with Gasteiger partial charge in [0, 0.05) is 18.3 Å². The summed E-state index contributed by atoms with van der Waals surface area (Å²) in [7, 11) is 1.90. The summed E-state index contributed by atoms with van der Waals surface area (Å²) in [5.74, 6) is 1.13. The first-order valence-electron chi connectivity index (χ1n) is 6.04. The molecule has 1 N–H and O–H groups in total. The Kier molecular flexibility index (Phi) is 4.11. The van der Waals surface area contributed by atoms with E-state index in [1.807, 2.05) is 19.2 Å². The number of nitrogens with zero attached hydrogens (tertiary/aromatic N) is 2. The van der Waals surface area contributed by atoms with Gasteiger partial charge in [-0.25, -0.2) is 4.98 Å². The van der Waals surface area contributed by atoms with Crippen molar-refractivity contribution < 1.29 is 4.74 Å². The third-order valence-electron chi connectivity index (χ3n) is 2.88. The van der Waals surface area contributed by atoms with Crippen molar-refractivity contribution in [2.75, 3.05) is 7.05 Å². The van der Waals surface area contributed by atoms with Crippen molar-refractivity contribution in [1.82, 2.24) is 10.3 Å². The number of hydrogen-bond donors (Lipinski definition) is 1. The minimum Gasteiger partial charge on any atom is -0.439 e. The van der Waals surface area contributed by atoms with Gasteiger partial charge in [-0.05, 0) is 43.8 Å². The second kappa shape index (κ2) is 5.98. The quantitative estimate of drug-likeness (QED) is 0.909. The fourth-order valence-electron chi connectivity index (χ4n) is 1.67. The Morgan fingerprint density at radius 1 is 1.32 bits per heavy atom. The zero-order valence-electron chi connectivity index (χ0n) is 10.9. The van der Waals surface area contributed by atoms with Gasteiger partial charge in [0.2, 0.25) is 5.88 Å². The second-order valence-corrected chi connectivity index (χ2v) is 4.18. The largest absolute Gasteiger partial charge is 0.439 e. The molecule has 0 amide bonds. The summed E-state index contributed by atoms with van der Waals surface area (Å²) in [6.07, 6.45) is 1.71. The van der Waals surface area contributed by atoms with Gasteiger partial charge in [-0.15, -0.1) is 0 Å². The first-order chi connectivity index (χ1) is 9.22. The number of nitriles is 1. The lowest BCUT2D eigenvalue weighted by Crippen LogP contribution is -2.12. The zero-order valence-corrected chi connectivity index (χ0v) is 10.9. The molecule has 1 aromatic heterocycles. The molecule has 19 heavy (non-hydrogen) atoms. The fraction of sp³-hybridized carbons (Fsp3) is 0.200. The van der Waals surface area contributed by atoms with E-state index < -0.39 is 0 Å². The van der Waals surface area contributed by atoms with E-state index in [0.717, 1.165) is 5.56 Å². The van der Waals surface area contributed by atoms with Crippen LogP contribution in [-0.4, -0.2) is 12.0 Å².